The molecule has 0 radical (unpaired) electrons. The minimum atomic E-state index is -4.87. The van der Waals surface area contributed by atoms with Gasteiger partial charge in [-0.05, 0) is 63.2 Å². The number of carbonyl (C=O) groups excluding carboxylic acids is 1. The molecule has 0 spiro atoms. The molecule has 1 atom stereocenters. The lowest BCUT2D eigenvalue weighted by atomic mass is 10.2. The van der Waals surface area contributed by atoms with E-state index in [4.69, 9.17) is 25.6 Å². The van der Waals surface area contributed by atoms with Crippen molar-refractivity contribution in [3.05, 3.63) is 71.4 Å². The van der Waals surface area contributed by atoms with Crippen LogP contribution in [0.5, 0.6) is 23.0 Å². The summed E-state index contributed by atoms with van der Waals surface area (Å²) >= 11 is 6.08. The van der Waals surface area contributed by atoms with Crippen LogP contribution in [0.1, 0.15) is 19.5 Å². The Morgan fingerprint density at radius 2 is 1.79 bits per heavy atom. The first kappa shape index (κ1) is 25.5. The van der Waals surface area contributed by atoms with Crippen molar-refractivity contribution in [1.29, 1.82) is 0 Å². The highest BCUT2D eigenvalue weighted by Crippen LogP contribution is 2.42. The molecular formula is C27H20ClF3N2O5. The maximum absolute atomic E-state index is 13.0. The number of ether oxygens (including phenoxy) is 3. The Labute approximate surface area is 219 Å². The predicted molar refractivity (Wildman–Crippen MR) is 135 cm³/mol. The summed E-state index contributed by atoms with van der Waals surface area (Å²) < 4.78 is 62.1. The van der Waals surface area contributed by atoms with Crippen LogP contribution >= 0.6 is 11.6 Å². The number of halogens is 4. The third-order valence-electron chi connectivity index (χ3n) is 5.89. The van der Waals surface area contributed by atoms with Crippen molar-refractivity contribution >= 4 is 39.3 Å². The molecule has 38 heavy (non-hydrogen) atoms. The average Bonchev–Trinajstić information content (AvgIpc) is 3.36. The number of ketones is 1. The first-order valence-electron chi connectivity index (χ1n) is 11.4. The van der Waals surface area contributed by atoms with Gasteiger partial charge in [-0.2, -0.15) is 0 Å². The molecule has 2 heterocycles. The highest BCUT2D eigenvalue weighted by atomic mass is 35.5. The number of rotatable bonds is 7. The zero-order valence-corrected chi connectivity index (χ0v) is 21.1. The number of alkyl halides is 3. The van der Waals surface area contributed by atoms with E-state index in [9.17, 15) is 18.0 Å². The summed E-state index contributed by atoms with van der Waals surface area (Å²) in [7, 11) is 0. The van der Waals surface area contributed by atoms with Gasteiger partial charge in [0.15, 0.2) is 29.0 Å². The topological polar surface area (TPSA) is 75.7 Å². The molecule has 11 heteroatoms. The Balaban J connectivity index is 1.65. The lowest BCUT2D eigenvalue weighted by molar-refractivity contribution is -0.274. The van der Waals surface area contributed by atoms with Crippen LogP contribution in [0.4, 0.5) is 13.2 Å². The summed E-state index contributed by atoms with van der Waals surface area (Å²) in [6.07, 6.45) is -5.53. The Bertz CT molecular complexity index is 1680. The number of Topliss-reactive ketones (excluding diaryl/α,β-unsaturated/α-hetero) is 1. The Morgan fingerprint density at radius 3 is 2.53 bits per heavy atom. The van der Waals surface area contributed by atoms with Gasteiger partial charge in [-0.1, -0.05) is 22.8 Å². The van der Waals surface area contributed by atoms with Crippen LogP contribution in [0.25, 0.3) is 27.7 Å². The van der Waals surface area contributed by atoms with Crippen molar-refractivity contribution < 1.29 is 36.7 Å². The SMILES string of the molecule is CC(=O)[C@H](C)Oc1cccc(Oc2c(C)n(-c3noc4cc(Cl)ccc34)c3ccc(OC(F)(F)F)cc23)c1. The molecule has 0 saturated heterocycles. The van der Waals surface area contributed by atoms with Gasteiger partial charge in [-0.3, -0.25) is 9.36 Å². The molecule has 7 nitrogen and oxygen atoms in total. The van der Waals surface area contributed by atoms with Crippen molar-refractivity contribution in [2.75, 3.05) is 0 Å². The first-order valence-corrected chi connectivity index (χ1v) is 11.8. The van der Waals surface area contributed by atoms with Crippen LogP contribution in [0, 0.1) is 6.92 Å². The highest BCUT2D eigenvalue weighted by molar-refractivity contribution is 6.31. The molecule has 5 aromatic rings. The third kappa shape index (κ3) is 4.99. The molecule has 2 aromatic heterocycles. The summed E-state index contributed by atoms with van der Waals surface area (Å²) in [5.74, 6) is 0.872. The maximum atomic E-state index is 13.0. The lowest BCUT2D eigenvalue weighted by Crippen LogP contribution is -2.20. The third-order valence-corrected chi connectivity index (χ3v) is 6.12. The molecule has 196 valence electrons. The zero-order valence-electron chi connectivity index (χ0n) is 20.3. The summed E-state index contributed by atoms with van der Waals surface area (Å²) in [5.41, 5.74) is 1.49. The highest BCUT2D eigenvalue weighted by Gasteiger charge is 2.32. The van der Waals surface area contributed by atoms with Gasteiger partial charge in [0.1, 0.15) is 17.2 Å². The molecular weight excluding hydrogens is 525 g/mol. The van der Waals surface area contributed by atoms with Gasteiger partial charge in [-0.15, -0.1) is 13.2 Å². The fourth-order valence-electron chi connectivity index (χ4n) is 4.04. The number of hydrogen-bond donors (Lipinski definition) is 0. The summed E-state index contributed by atoms with van der Waals surface area (Å²) in [5, 5.41) is 5.65. The summed E-state index contributed by atoms with van der Waals surface area (Å²) in [4.78, 5) is 11.6. The second-order valence-electron chi connectivity index (χ2n) is 8.57. The molecule has 0 saturated carbocycles. The van der Waals surface area contributed by atoms with E-state index in [1.54, 1.807) is 60.9 Å². The molecule has 0 aliphatic heterocycles. The molecule has 5 rings (SSSR count). The van der Waals surface area contributed by atoms with E-state index in [0.29, 0.717) is 49.9 Å². The van der Waals surface area contributed by atoms with E-state index < -0.39 is 18.2 Å². The molecule has 0 amide bonds. The molecule has 3 aromatic carbocycles. The zero-order chi connectivity index (χ0) is 27.2. The quantitative estimate of drug-likeness (QED) is 0.208. The Hall–Kier alpha value is -4.18. The van der Waals surface area contributed by atoms with Crippen molar-refractivity contribution in [1.82, 2.24) is 9.72 Å². The van der Waals surface area contributed by atoms with E-state index in [2.05, 4.69) is 9.89 Å². The number of aromatic nitrogens is 2. The van der Waals surface area contributed by atoms with Crippen molar-refractivity contribution in [3.8, 4) is 28.8 Å². The van der Waals surface area contributed by atoms with Gasteiger partial charge in [0.2, 0.25) is 0 Å². The number of nitrogens with zero attached hydrogens (tertiary/aromatic N) is 2. The molecule has 0 unspecified atom stereocenters. The van der Waals surface area contributed by atoms with E-state index in [1.807, 2.05) is 0 Å². The van der Waals surface area contributed by atoms with Crippen LogP contribution in [-0.4, -0.2) is 28.0 Å². The van der Waals surface area contributed by atoms with Crippen molar-refractivity contribution in [2.45, 2.75) is 33.2 Å². The standard InChI is InChI=1S/C27H20ClF3N2O5/c1-14-25(36-19-6-4-5-18(12-19)35-16(3)15(2)34)22-13-20(37-27(29,30)31)8-10-23(22)33(14)26-21-9-7-17(28)11-24(21)38-32-26/h4-13,16H,1-3H3/t16-/m0/s1. The van der Waals surface area contributed by atoms with Gasteiger partial charge < -0.3 is 18.7 Å². The fraction of sp³-hybridized carbons (Fsp3) is 0.185. The molecule has 0 fully saturated rings. The summed E-state index contributed by atoms with van der Waals surface area (Å²) in [6, 6.07) is 15.6. The number of carbonyl (C=O) groups is 1. The minimum Gasteiger partial charge on any atom is -0.483 e. The normalized spacial score (nSPS) is 12.6. The smallest absolute Gasteiger partial charge is 0.483 e. The van der Waals surface area contributed by atoms with Gasteiger partial charge in [-0.25, -0.2) is 0 Å². The van der Waals surface area contributed by atoms with E-state index >= 15 is 0 Å². The average molecular weight is 545 g/mol. The molecule has 0 N–H and O–H groups in total. The summed E-state index contributed by atoms with van der Waals surface area (Å²) in [6.45, 7) is 4.80. The lowest BCUT2D eigenvalue weighted by Gasteiger charge is -2.13. The number of benzene rings is 3. The second kappa shape index (κ2) is 9.60. The number of fused-ring (bicyclic) bond motifs is 2. The largest absolute Gasteiger partial charge is 0.573 e. The second-order valence-corrected chi connectivity index (χ2v) is 9.01. The van der Waals surface area contributed by atoms with Gasteiger partial charge >= 0.3 is 6.36 Å². The predicted octanol–water partition coefficient (Wildman–Crippen LogP) is 7.78. The maximum Gasteiger partial charge on any atom is 0.573 e. The molecule has 0 aliphatic carbocycles. The van der Waals surface area contributed by atoms with Gasteiger partial charge in [0, 0.05) is 22.5 Å². The van der Waals surface area contributed by atoms with Crippen LogP contribution < -0.4 is 14.2 Å². The van der Waals surface area contributed by atoms with E-state index in [1.165, 1.54) is 25.1 Å². The van der Waals surface area contributed by atoms with Crippen LogP contribution in [0.15, 0.2) is 65.2 Å². The first-order chi connectivity index (χ1) is 18.0. The van der Waals surface area contributed by atoms with Crippen molar-refractivity contribution in [3.63, 3.8) is 0 Å². The van der Waals surface area contributed by atoms with Crippen molar-refractivity contribution in [2.24, 2.45) is 0 Å². The Kier molecular flexibility index (Phi) is 6.44. The molecule has 0 aliphatic rings. The van der Waals surface area contributed by atoms with E-state index in [-0.39, 0.29) is 11.5 Å². The van der Waals surface area contributed by atoms with Crippen LogP contribution in [0.2, 0.25) is 5.02 Å². The minimum absolute atomic E-state index is 0.145. The Morgan fingerprint density at radius 1 is 1.03 bits per heavy atom. The van der Waals surface area contributed by atoms with E-state index in [0.717, 1.165) is 0 Å². The number of hydrogen-bond acceptors (Lipinski definition) is 6. The fourth-order valence-corrected chi connectivity index (χ4v) is 4.21. The van der Waals surface area contributed by atoms with Gasteiger partial charge in [0.05, 0.1) is 16.6 Å². The monoisotopic (exact) mass is 544 g/mol. The van der Waals surface area contributed by atoms with Crippen LogP contribution in [-0.2, 0) is 4.79 Å². The molecule has 0 bridgehead atoms. The van der Waals surface area contributed by atoms with Gasteiger partial charge in [0.25, 0.3) is 0 Å². The van der Waals surface area contributed by atoms with Crippen LogP contribution in [0.3, 0.4) is 0 Å².